The molecule has 1 saturated heterocycles. The van der Waals surface area contributed by atoms with E-state index in [1.807, 2.05) is 7.05 Å². The first kappa shape index (κ1) is 11.5. The summed E-state index contributed by atoms with van der Waals surface area (Å²) in [6.07, 6.45) is 2.15. The van der Waals surface area contributed by atoms with E-state index in [0.717, 1.165) is 19.4 Å². The van der Waals surface area contributed by atoms with Gasteiger partial charge in [-0.15, -0.1) is 0 Å². The first-order valence-electron chi connectivity index (χ1n) is 5.53. The summed E-state index contributed by atoms with van der Waals surface area (Å²) < 4.78 is 0. The summed E-state index contributed by atoms with van der Waals surface area (Å²) in [5.41, 5.74) is 0. The van der Waals surface area contributed by atoms with Gasteiger partial charge in [-0.3, -0.25) is 9.69 Å². The third-order valence-electron chi connectivity index (χ3n) is 3.19. The maximum atomic E-state index is 11.8. The fourth-order valence-corrected chi connectivity index (χ4v) is 1.73. The summed E-state index contributed by atoms with van der Waals surface area (Å²) in [7, 11) is 2.03. The second-order valence-corrected chi connectivity index (χ2v) is 4.68. The maximum Gasteiger partial charge on any atom is 0.237 e. The Morgan fingerprint density at radius 3 is 2.50 bits per heavy atom. The van der Waals surface area contributed by atoms with E-state index in [-0.39, 0.29) is 18.0 Å². The summed E-state index contributed by atoms with van der Waals surface area (Å²) in [6, 6.07) is 0.382. The van der Waals surface area contributed by atoms with Crippen LogP contribution in [0, 0.1) is 5.92 Å². The van der Waals surface area contributed by atoms with Crippen molar-refractivity contribution in [2.75, 3.05) is 13.6 Å². The van der Waals surface area contributed by atoms with Crippen LogP contribution in [-0.2, 0) is 4.79 Å². The molecular weight excluding hydrogens is 176 g/mol. The third-order valence-corrected chi connectivity index (χ3v) is 3.19. The number of hydrogen-bond donors (Lipinski definition) is 1. The molecule has 1 rings (SSSR count). The highest BCUT2D eigenvalue weighted by atomic mass is 16.2. The lowest BCUT2D eigenvalue weighted by molar-refractivity contribution is -0.125. The van der Waals surface area contributed by atoms with Gasteiger partial charge in [-0.05, 0) is 39.3 Å². The van der Waals surface area contributed by atoms with Crippen LogP contribution < -0.4 is 5.32 Å². The van der Waals surface area contributed by atoms with E-state index in [1.165, 1.54) is 0 Å². The zero-order chi connectivity index (χ0) is 10.7. The number of rotatable bonds is 3. The summed E-state index contributed by atoms with van der Waals surface area (Å²) in [6.45, 7) is 7.37. The largest absolute Gasteiger partial charge is 0.352 e. The molecule has 1 amide bonds. The fourth-order valence-electron chi connectivity index (χ4n) is 1.73. The molecule has 1 aliphatic rings. The number of nitrogens with zero attached hydrogens (tertiary/aromatic N) is 1. The minimum Gasteiger partial charge on any atom is -0.352 e. The second-order valence-electron chi connectivity index (χ2n) is 4.68. The Bertz CT molecular complexity index is 203. The molecule has 0 radical (unpaired) electrons. The number of likely N-dealkylation sites (tertiary alicyclic amines) is 1. The molecule has 0 saturated carbocycles. The van der Waals surface area contributed by atoms with E-state index in [1.54, 1.807) is 0 Å². The van der Waals surface area contributed by atoms with Crippen LogP contribution in [0.3, 0.4) is 0 Å². The van der Waals surface area contributed by atoms with E-state index in [2.05, 4.69) is 31.0 Å². The zero-order valence-electron chi connectivity index (χ0n) is 9.71. The Hall–Kier alpha value is -0.570. The van der Waals surface area contributed by atoms with Crippen LogP contribution in [0.2, 0.25) is 0 Å². The monoisotopic (exact) mass is 198 g/mol. The fraction of sp³-hybridized carbons (Fsp3) is 0.909. The number of amides is 1. The van der Waals surface area contributed by atoms with Gasteiger partial charge >= 0.3 is 0 Å². The van der Waals surface area contributed by atoms with E-state index in [0.29, 0.717) is 5.92 Å². The highest BCUT2D eigenvalue weighted by Crippen LogP contribution is 2.15. The van der Waals surface area contributed by atoms with Crippen molar-refractivity contribution in [3.63, 3.8) is 0 Å². The molecule has 3 heteroatoms. The minimum absolute atomic E-state index is 0.108. The first-order chi connectivity index (χ1) is 6.52. The van der Waals surface area contributed by atoms with Gasteiger partial charge in [0.05, 0.1) is 6.04 Å². The van der Waals surface area contributed by atoms with Crippen molar-refractivity contribution in [3.05, 3.63) is 0 Å². The Labute approximate surface area is 86.9 Å². The van der Waals surface area contributed by atoms with Gasteiger partial charge in [0.25, 0.3) is 0 Å². The van der Waals surface area contributed by atoms with Gasteiger partial charge < -0.3 is 5.32 Å². The SMILES string of the molecule is CC(C)C(C)NC(=O)C1CCCN1C. The van der Waals surface area contributed by atoms with Gasteiger partial charge in [0.15, 0.2) is 0 Å². The molecule has 0 bridgehead atoms. The number of nitrogens with one attached hydrogen (secondary N) is 1. The number of carbonyl (C=O) groups excluding carboxylic acids is 1. The summed E-state index contributed by atoms with van der Waals surface area (Å²) in [5, 5.41) is 3.07. The Balaban J connectivity index is 2.41. The summed E-state index contributed by atoms with van der Waals surface area (Å²) in [5.74, 6) is 0.705. The molecule has 0 aromatic carbocycles. The Kier molecular flexibility index (Phi) is 3.93. The smallest absolute Gasteiger partial charge is 0.237 e. The molecule has 0 aliphatic carbocycles. The van der Waals surface area contributed by atoms with Crippen LogP contribution in [0.15, 0.2) is 0 Å². The first-order valence-corrected chi connectivity index (χ1v) is 5.53. The molecule has 1 fully saturated rings. The molecular formula is C11H22N2O. The van der Waals surface area contributed by atoms with Crippen LogP contribution in [0.1, 0.15) is 33.6 Å². The highest BCUT2D eigenvalue weighted by molar-refractivity contribution is 5.82. The van der Waals surface area contributed by atoms with Crippen molar-refractivity contribution < 1.29 is 4.79 Å². The number of hydrogen-bond acceptors (Lipinski definition) is 2. The molecule has 3 nitrogen and oxygen atoms in total. The third kappa shape index (κ3) is 2.71. The van der Waals surface area contributed by atoms with Gasteiger partial charge in [0.1, 0.15) is 0 Å². The van der Waals surface area contributed by atoms with Crippen molar-refractivity contribution >= 4 is 5.91 Å². The van der Waals surface area contributed by atoms with E-state index < -0.39 is 0 Å². The molecule has 1 N–H and O–H groups in total. The lowest BCUT2D eigenvalue weighted by Crippen LogP contribution is -2.46. The van der Waals surface area contributed by atoms with E-state index >= 15 is 0 Å². The zero-order valence-corrected chi connectivity index (χ0v) is 9.71. The van der Waals surface area contributed by atoms with Gasteiger partial charge in [-0.1, -0.05) is 13.8 Å². The predicted molar refractivity (Wildman–Crippen MR) is 58.1 cm³/mol. The van der Waals surface area contributed by atoms with Gasteiger partial charge in [-0.2, -0.15) is 0 Å². The van der Waals surface area contributed by atoms with E-state index in [9.17, 15) is 4.79 Å². The summed E-state index contributed by atoms with van der Waals surface area (Å²) in [4.78, 5) is 14.0. The quantitative estimate of drug-likeness (QED) is 0.740. The molecule has 2 unspecified atom stereocenters. The minimum atomic E-state index is 0.108. The molecule has 82 valence electrons. The van der Waals surface area contributed by atoms with Gasteiger partial charge in [-0.25, -0.2) is 0 Å². The maximum absolute atomic E-state index is 11.8. The molecule has 0 spiro atoms. The van der Waals surface area contributed by atoms with Crippen LogP contribution in [-0.4, -0.2) is 36.5 Å². The molecule has 2 atom stereocenters. The predicted octanol–water partition coefficient (Wildman–Crippen LogP) is 1.24. The average Bonchev–Trinajstić information content (AvgIpc) is 2.51. The van der Waals surface area contributed by atoms with Crippen LogP contribution in [0.25, 0.3) is 0 Å². The van der Waals surface area contributed by atoms with Gasteiger partial charge in [0, 0.05) is 6.04 Å². The van der Waals surface area contributed by atoms with Crippen molar-refractivity contribution in [1.82, 2.24) is 10.2 Å². The van der Waals surface area contributed by atoms with Crippen molar-refractivity contribution in [2.24, 2.45) is 5.92 Å². The Morgan fingerprint density at radius 1 is 1.43 bits per heavy atom. The standard InChI is InChI=1S/C11H22N2O/c1-8(2)9(3)12-11(14)10-6-5-7-13(10)4/h8-10H,5-7H2,1-4H3,(H,12,14). The second kappa shape index (κ2) is 4.78. The van der Waals surface area contributed by atoms with Crippen molar-refractivity contribution in [1.29, 1.82) is 0 Å². The van der Waals surface area contributed by atoms with Crippen LogP contribution >= 0.6 is 0 Å². The Morgan fingerprint density at radius 2 is 2.07 bits per heavy atom. The molecule has 0 aromatic rings. The molecule has 14 heavy (non-hydrogen) atoms. The number of likely N-dealkylation sites (N-methyl/N-ethyl adjacent to an activating group) is 1. The lowest BCUT2D eigenvalue weighted by atomic mass is 10.1. The number of carbonyl (C=O) groups is 1. The van der Waals surface area contributed by atoms with E-state index in [4.69, 9.17) is 0 Å². The topological polar surface area (TPSA) is 32.3 Å². The summed E-state index contributed by atoms with van der Waals surface area (Å²) >= 11 is 0. The van der Waals surface area contributed by atoms with Crippen molar-refractivity contribution in [3.8, 4) is 0 Å². The molecule has 1 aliphatic heterocycles. The highest BCUT2D eigenvalue weighted by Gasteiger charge is 2.28. The molecule has 1 heterocycles. The van der Waals surface area contributed by atoms with Crippen molar-refractivity contribution in [2.45, 2.75) is 45.7 Å². The molecule has 0 aromatic heterocycles. The normalized spacial score (nSPS) is 25.4. The van der Waals surface area contributed by atoms with Gasteiger partial charge in [0.2, 0.25) is 5.91 Å². The average molecular weight is 198 g/mol. The van der Waals surface area contributed by atoms with Crippen LogP contribution in [0.4, 0.5) is 0 Å². The lowest BCUT2D eigenvalue weighted by Gasteiger charge is -2.23. The van der Waals surface area contributed by atoms with Crippen LogP contribution in [0.5, 0.6) is 0 Å².